The van der Waals surface area contributed by atoms with Gasteiger partial charge < -0.3 is 25.7 Å². The first-order valence-corrected chi connectivity index (χ1v) is 12.3. The van der Waals surface area contributed by atoms with E-state index in [0.29, 0.717) is 24.1 Å². The molecule has 1 saturated heterocycles. The number of aromatic amines is 1. The summed E-state index contributed by atoms with van der Waals surface area (Å²) in [7, 11) is 1.25. The molecule has 3 rings (SSSR count). The van der Waals surface area contributed by atoms with Crippen molar-refractivity contribution in [2.24, 2.45) is 11.8 Å². The van der Waals surface area contributed by atoms with Gasteiger partial charge in [0.05, 0.1) is 29.6 Å². The lowest BCUT2D eigenvalue weighted by Crippen LogP contribution is -2.50. The lowest BCUT2D eigenvalue weighted by molar-refractivity contribution is -0.136. The van der Waals surface area contributed by atoms with E-state index in [1.165, 1.54) is 13.2 Å². The molecule has 2 heterocycles. The van der Waals surface area contributed by atoms with Gasteiger partial charge in [0.25, 0.3) is 5.91 Å². The number of rotatable bonds is 9. The molecule has 3 atom stereocenters. The Labute approximate surface area is 218 Å². The SMILES string of the molecule is COc1cc(C)c(C)c2[nH]c(C(=O)N[C@@H](CC(C)C)C(=O)N[C@H](C#N)C[C@@H]3CCNC3=O)c(C(F)(F)F)c12. The lowest BCUT2D eigenvalue weighted by Gasteiger charge is -2.22. The van der Waals surface area contributed by atoms with E-state index in [-0.39, 0.29) is 41.3 Å². The number of hydrogen-bond acceptors (Lipinski definition) is 5. The van der Waals surface area contributed by atoms with Crippen molar-refractivity contribution >= 4 is 28.6 Å². The summed E-state index contributed by atoms with van der Waals surface area (Å²) in [4.78, 5) is 40.9. The number of aromatic nitrogens is 1. The fraction of sp³-hybridized carbons (Fsp3) is 0.538. The average Bonchev–Trinajstić information content (AvgIpc) is 3.44. The molecule has 0 aliphatic carbocycles. The van der Waals surface area contributed by atoms with Gasteiger partial charge in [0.15, 0.2) is 0 Å². The van der Waals surface area contributed by atoms with E-state index in [4.69, 9.17) is 4.74 Å². The molecule has 0 bridgehead atoms. The monoisotopic (exact) mass is 535 g/mol. The maximum absolute atomic E-state index is 14.3. The van der Waals surface area contributed by atoms with Crippen LogP contribution in [0, 0.1) is 37.0 Å². The van der Waals surface area contributed by atoms with Crippen LogP contribution in [0.2, 0.25) is 0 Å². The van der Waals surface area contributed by atoms with Crippen molar-refractivity contribution in [2.75, 3.05) is 13.7 Å². The third kappa shape index (κ3) is 6.03. The van der Waals surface area contributed by atoms with Crippen molar-refractivity contribution in [1.82, 2.24) is 20.9 Å². The highest BCUT2D eigenvalue weighted by Gasteiger charge is 2.41. The number of nitrogens with one attached hydrogen (secondary N) is 4. The van der Waals surface area contributed by atoms with Crippen LogP contribution in [0.15, 0.2) is 6.07 Å². The number of fused-ring (bicyclic) bond motifs is 1. The van der Waals surface area contributed by atoms with Crippen molar-refractivity contribution in [3.63, 3.8) is 0 Å². The Morgan fingerprint density at radius 2 is 1.95 bits per heavy atom. The summed E-state index contributed by atoms with van der Waals surface area (Å²) in [5, 5.41) is 16.9. The molecular formula is C26H32F3N5O4. The van der Waals surface area contributed by atoms with Crippen LogP contribution in [-0.2, 0) is 15.8 Å². The van der Waals surface area contributed by atoms with Crippen molar-refractivity contribution in [3.05, 3.63) is 28.5 Å². The Bertz CT molecular complexity index is 1280. The van der Waals surface area contributed by atoms with E-state index in [0.717, 1.165) is 0 Å². The molecule has 0 spiro atoms. The van der Waals surface area contributed by atoms with Gasteiger partial charge in [-0.25, -0.2) is 0 Å². The Hall–Kier alpha value is -3.75. The highest BCUT2D eigenvalue weighted by Crippen LogP contribution is 2.43. The predicted molar refractivity (Wildman–Crippen MR) is 133 cm³/mol. The second-order valence-electron chi connectivity index (χ2n) is 10.0. The molecule has 0 radical (unpaired) electrons. The van der Waals surface area contributed by atoms with E-state index < -0.39 is 47.2 Å². The summed E-state index contributed by atoms with van der Waals surface area (Å²) < 4.78 is 48.0. The minimum atomic E-state index is -4.90. The zero-order chi connectivity index (χ0) is 28.4. The van der Waals surface area contributed by atoms with Gasteiger partial charge in [0.1, 0.15) is 23.5 Å². The number of halogens is 3. The highest BCUT2D eigenvalue weighted by molar-refractivity contribution is 6.05. The Morgan fingerprint density at radius 1 is 1.26 bits per heavy atom. The number of alkyl halides is 3. The number of amides is 3. The number of carbonyl (C=O) groups excluding carboxylic acids is 3. The fourth-order valence-corrected chi connectivity index (χ4v) is 4.72. The molecule has 2 aromatic rings. The fourth-order valence-electron chi connectivity index (χ4n) is 4.72. The van der Waals surface area contributed by atoms with Crippen molar-refractivity contribution < 1.29 is 32.3 Å². The molecule has 9 nitrogen and oxygen atoms in total. The van der Waals surface area contributed by atoms with E-state index >= 15 is 0 Å². The molecule has 0 unspecified atom stereocenters. The first-order valence-electron chi connectivity index (χ1n) is 12.3. The number of benzene rings is 1. The maximum atomic E-state index is 14.3. The number of hydrogen-bond donors (Lipinski definition) is 4. The van der Waals surface area contributed by atoms with Gasteiger partial charge in [-0.05, 0) is 56.2 Å². The molecular weight excluding hydrogens is 503 g/mol. The predicted octanol–water partition coefficient (Wildman–Crippen LogP) is 3.49. The third-order valence-electron chi connectivity index (χ3n) is 6.78. The largest absolute Gasteiger partial charge is 0.496 e. The van der Waals surface area contributed by atoms with Gasteiger partial charge in [0, 0.05) is 12.5 Å². The van der Waals surface area contributed by atoms with Gasteiger partial charge in [-0.15, -0.1) is 0 Å². The van der Waals surface area contributed by atoms with E-state index in [9.17, 15) is 32.8 Å². The molecule has 1 aliphatic rings. The second kappa shape index (κ2) is 11.3. The van der Waals surface area contributed by atoms with Gasteiger partial charge in [-0.3, -0.25) is 14.4 Å². The molecule has 4 N–H and O–H groups in total. The minimum Gasteiger partial charge on any atom is -0.496 e. The normalized spacial score (nSPS) is 17.2. The number of methoxy groups -OCH3 is 1. The number of H-pyrrole nitrogens is 1. The minimum absolute atomic E-state index is 0.0324. The van der Waals surface area contributed by atoms with Crippen LogP contribution >= 0.6 is 0 Å². The first-order chi connectivity index (χ1) is 17.8. The van der Waals surface area contributed by atoms with Crippen molar-refractivity contribution in [1.29, 1.82) is 5.26 Å². The summed E-state index contributed by atoms with van der Waals surface area (Å²) in [5.74, 6) is -2.60. The summed E-state index contributed by atoms with van der Waals surface area (Å²) in [6, 6.07) is 1.21. The highest BCUT2D eigenvalue weighted by atomic mass is 19.4. The lowest BCUT2D eigenvalue weighted by atomic mass is 9.98. The average molecular weight is 536 g/mol. The molecule has 1 fully saturated rings. The van der Waals surface area contributed by atoms with Gasteiger partial charge >= 0.3 is 6.18 Å². The van der Waals surface area contributed by atoms with Crippen LogP contribution in [-0.4, -0.2) is 48.4 Å². The molecule has 1 aromatic carbocycles. The molecule has 1 aromatic heterocycles. The number of aryl methyl sites for hydroxylation is 2. The van der Waals surface area contributed by atoms with Gasteiger partial charge in [0.2, 0.25) is 11.8 Å². The molecule has 38 heavy (non-hydrogen) atoms. The molecule has 0 saturated carbocycles. The van der Waals surface area contributed by atoms with Crippen LogP contribution < -0.4 is 20.7 Å². The molecule has 206 valence electrons. The van der Waals surface area contributed by atoms with Crippen LogP contribution in [0.4, 0.5) is 13.2 Å². The quantitative estimate of drug-likeness (QED) is 0.390. The van der Waals surface area contributed by atoms with Crippen LogP contribution in [0.25, 0.3) is 10.9 Å². The first kappa shape index (κ1) is 28.8. The summed E-state index contributed by atoms with van der Waals surface area (Å²) in [6.45, 7) is 7.42. The third-order valence-corrected chi connectivity index (χ3v) is 6.78. The van der Waals surface area contributed by atoms with Crippen LogP contribution in [0.5, 0.6) is 5.75 Å². The molecule has 3 amide bonds. The van der Waals surface area contributed by atoms with Crippen molar-refractivity contribution in [2.45, 2.75) is 65.2 Å². The second-order valence-corrected chi connectivity index (χ2v) is 10.0. The standard InChI is InChI=1S/C26H32F3N5O4/c1-12(2)8-17(24(36)32-16(11-30)10-15-6-7-31-23(15)35)33-25(37)22-20(26(27,28)29)19-18(38-5)9-13(3)14(4)21(19)34-22/h9,12,15-17,34H,6-8,10H2,1-5H3,(H,31,35)(H,32,36)(H,33,37)/t15-,16-,17-/m0/s1. The smallest absolute Gasteiger partial charge is 0.419 e. The number of nitrogens with zero attached hydrogens (tertiary/aromatic N) is 1. The Morgan fingerprint density at radius 3 is 2.47 bits per heavy atom. The number of nitriles is 1. The molecule has 1 aliphatic heterocycles. The van der Waals surface area contributed by atoms with Crippen molar-refractivity contribution in [3.8, 4) is 11.8 Å². The van der Waals surface area contributed by atoms with Gasteiger partial charge in [-0.1, -0.05) is 13.8 Å². The zero-order valence-corrected chi connectivity index (χ0v) is 21.9. The van der Waals surface area contributed by atoms with Gasteiger partial charge in [-0.2, -0.15) is 18.4 Å². The summed E-state index contributed by atoms with van der Waals surface area (Å²) in [6.07, 6.45) is -4.16. The Balaban J connectivity index is 1.94. The summed E-state index contributed by atoms with van der Waals surface area (Å²) in [5.41, 5.74) is -0.610. The molecule has 12 heteroatoms. The van der Waals surface area contributed by atoms with Crippen LogP contribution in [0.3, 0.4) is 0 Å². The van der Waals surface area contributed by atoms with E-state index in [1.54, 1.807) is 27.7 Å². The number of carbonyl (C=O) groups is 3. The topological polar surface area (TPSA) is 136 Å². The Kier molecular flexibility index (Phi) is 8.59. The summed E-state index contributed by atoms with van der Waals surface area (Å²) >= 11 is 0. The zero-order valence-electron chi connectivity index (χ0n) is 21.9. The van der Waals surface area contributed by atoms with Crippen LogP contribution in [0.1, 0.15) is 60.3 Å². The maximum Gasteiger partial charge on any atom is 0.419 e. The van der Waals surface area contributed by atoms with E-state index in [2.05, 4.69) is 20.9 Å². The van der Waals surface area contributed by atoms with E-state index in [1.807, 2.05) is 6.07 Å². The number of ether oxygens (including phenoxy) is 1.